The minimum absolute atomic E-state index is 0.0702. The topological polar surface area (TPSA) is 84.9 Å². The van der Waals surface area contributed by atoms with Crippen LogP contribution in [0.15, 0.2) is 24.3 Å². The normalized spacial score (nSPS) is 21.9. The van der Waals surface area contributed by atoms with Gasteiger partial charge in [0.05, 0.1) is 11.9 Å². The summed E-state index contributed by atoms with van der Waals surface area (Å²) in [6, 6.07) is 5.60. The van der Waals surface area contributed by atoms with E-state index in [1.807, 2.05) is 0 Å². The monoisotopic (exact) mass is 428 g/mol. The molecule has 1 aromatic rings. The molecule has 0 aromatic heterocycles. The number of ether oxygens (including phenoxy) is 2. The van der Waals surface area contributed by atoms with Crippen molar-refractivity contribution in [2.45, 2.75) is 37.7 Å². The molecule has 7 nitrogen and oxygen atoms in total. The van der Waals surface area contributed by atoms with Gasteiger partial charge in [0.2, 0.25) is 10.0 Å². The smallest absolute Gasteiger partial charge is 0.260 e. The maximum Gasteiger partial charge on any atom is 0.260 e. The van der Waals surface area contributed by atoms with Gasteiger partial charge in [-0.2, -0.15) is 0 Å². The molecule has 2 saturated heterocycles. The second-order valence-corrected chi connectivity index (χ2v) is 9.80. The van der Waals surface area contributed by atoms with Gasteiger partial charge in [-0.15, -0.1) is 0 Å². The second-order valence-electron chi connectivity index (χ2n) is 7.97. The molecule has 9 heteroatoms. The number of benzene rings is 1. The van der Waals surface area contributed by atoms with Crippen LogP contribution in [0.3, 0.4) is 0 Å². The minimum atomic E-state index is -3.16. The molecule has 0 aliphatic carbocycles. The van der Waals surface area contributed by atoms with Gasteiger partial charge < -0.3 is 14.4 Å². The number of hydrogen-bond acceptors (Lipinski definition) is 5. The summed E-state index contributed by atoms with van der Waals surface area (Å²) >= 11 is 0. The summed E-state index contributed by atoms with van der Waals surface area (Å²) in [4.78, 5) is 14.2. The van der Waals surface area contributed by atoms with Crippen molar-refractivity contribution >= 4 is 15.9 Å². The number of nitrogens with zero attached hydrogens (tertiary/aromatic N) is 1. The minimum Gasteiger partial charge on any atom is -0.484 e. The lowest BCUT2D eigenvalue weighted by Crippen LogP contribution is -2.51. The lowest BCUT2D eigenvalue weighted by molar-refractivity contribution is -0.148. The zero-order valence-electron chi connectivity index (χ0n) is 16.7. The molecule has 2 aliphatic rings. The molecule has 0 bridgehead atoms. The Balaban J connectivity index is 1.43. The maximum absolute atomic E-state index is 12.9. The predicted molar refractivity (Wildman–Crippen MR) is 107 cm³/mol. The largest absolute Gasteiger partial charge is 0.484 e. The summed E-state index contributed by atoms with van der Waals surface area (Å²) in [7, 11) is -3.16. The highest BCUT2D eigenvalue weighted by Crippen LogP contribution is 2.38. The van der Waals surface area contributed by atoms with E-state index in [4.69, 9.17) is 9.47 Å². The number of piperidine rings is 1. The third-order valence-electron chi connectivity index (χ3n) is 5.72. The van der Waals surface area contributed by atoms with Crippen molar-refractivity contribution in [3.8, 4) is 5.75 Å². The average Bonchev–Trinajstić information content (AvgIpc) is 2.67. The molecule has 1 unspecified atom stereocenters. The van der Waals surface area contributed by atoms with Crippen LogP contribution >= 0.6 is 0 Å². The number of sulfonamides is 1. The van der Waals surface area contributed by atoms with Crippen molar-refractivity contribution < 1.29 is 27.1 Å². The van der Waals surface area contributed by atoms with E-state index in [0.717, 1.165) is 32.1 Å². The van der Waals surface area contributed by atoms with Gasteiger partial charge >= 0.3 is 0 Å². The molecule has 3 rings (SSSR count). The Labute approximate surface area is 171 Å². The highest BCUT2D eigenvalue weighted by atomic mass is 32.2. The molecule has 162 valence electrons. The number of amides is 1. The molecule has 1 atom stereocenters. The van der Waals surface area contributed by atoms with Crippen molar-refractivity contribution in [3.05, 3.63) is 30.1 Å². The first kappa shape index (κ1) is 22.0. The van der Waals surface area contributed by atoms with Gasteiger partial charge in [0.1, 0.15) is 11.6 Å². The Kier molecular flexibility index (Phi) is 7.13. The van der Waals surface area contributed by atoms with E-state index in [1.165, 1.54) is 30.5 Å². The molecule has 1 aromatic carbocycles. The summed E-state index contributed by atoms with van der Waals surface area (Å²) in [6.07, 6.45) is 5.34. The standard InChI is InChI=1S/C20H29FN2O5S/c1-29(25,26)22-10-6-16-7-13-28-20(14-16)8-11-23(12-9-20)19(24)15-27-18-4-2-17(21)3-5-18/h2-5,16,22H,6-15H2,1H3. The van der Waals surface area contributed by atoms with E-state index in [0.29, 0.717) is 37.9 Å². The molecular weight excluding hydrogens is 399 g/mol. The molecule has 0 radical (unpaired) electrons. The Morgan fingerprint density at radius 1 is 1.31 bits per heavy atom. The maximum atomic E-state index is 12.9. The number of likely N-dealkylation sites (tertiary alicyclic amines) is 1. The number of carbonyl (C=O) groups is 1. The first-order valence-corrected chi connectivity index (χ1v) is 11.9. The fourth-order valence-electron chi connectivity index (χ4n) is 4.10. The summed E-state index contributed by atoms with van der Waals surface area (Å²) in [6.45, 7) is 2.27. The SMILES string of the molecule is CS(=O)(=O)NCCC1CCOC2(CCN(C(=O)COc3ccc(F)cc3)CC2)C1. The fourth-order valence-corrected chi connectivity index (χ4v) is 4.59. The summed E-state index contributed by atoms with van der Waals surface area (Å²) in [5, 5.41) is 0. The van der Waals surface area contributed by atoms with E-state index < -0.39 is 10.0 Å². The third kappa shape index (κ3) is 6.65. The van der Waals surface area contributed by atoms with Crippen LogP contribution in [0, 0.1) is 11.7 Å². The molecule has 2 aliphatic heterocycles. The molecule has 2 heterocycles. The van der Waals surface area contributed by atoms with Gasteiger partial charge in [-0.1, -0.05) is 0 Å². The van der Waals surface area contributed by atoms with E-state index in [1.54, 1.807) is 4.90 Å². The quantitative estimate of drug-likeness (QED) is 0.717. The first-order chi connectivity index (χ1) is 13.7. The Morgan fingerprint density at radius 2 is 2.00 bits per heavy atom. The lowest BCUT2D eigenvalue weighted by atomic mass is 9.78. The zero-order chi connectivity index (χ0) is 20.9. The third-order valence-corrected chi connectivity index (χ3v) is 6.44. The number of nitrogens with one attached hydrogen (secondary N) is 1. The summed E-state index contributed by atoms with van der Waals surface area (Å²) in [5.41, 5.74) is -0.220. The summed E-state index contributed by atoms with van der Waals surface area (Å²) in [5.74, 6) is 0.452. The van der Waals surface area contributed by atoms with Crippen molar-refractivity contribution in [2.24, 2.45) is 5.92 Å². The highest BCUT2D eigenvalue weighted by molar-refractivity contribution is 7.88. The van der Waals surface area contributed by atoms with Gasteiger partial charge in [-0.3, -0.25) is 4.79 Å². The van der Waals surface area contributed by atoms with E-state index in [-0.39, 0.29) is 23.9 Å². The van der Waals surface area contributed by atoms with Crippen molar-refractivity contribution in [1.82, 2.24) is 9.62 Å². The van der Waals surface area contributed by atoms with Crippen LogP contribution in [-0.4, -0.2) is 63.9 Å². The molecule has 1 N–H and O–H groups in total. The van der Waals surface area contributed by atoms with Gasteiger partial charge in [-0.05, 0) is 62.3 Å². The number of hydrogen-bond donors (Lipinski definition) is 1. The van der Waals surface area contributed by atoms with Gasteiger partial charge in [0.15, 0.2) is 6.61 Å². The van der Waals surface area contributed by atoms with Gasteiger partial charge in [-0.25, -0.2) is 17.5 Å². The van der Waals surface area contributed by atoms with Crippen LogP contribution in [0.5, 0.6) is 5.75 Å². The van der Waals surface area contributed by atoms with Crippen LogP contribution < -0.4 is 9.46 Å². The average molecular weight is 429 g/mol. The van der Waals surface area contributed by atoms with Crippen LogP contribution in [0.1, 0.15) is 32.1 Å². The number of halogens is 1. The van der Waals surface area contributed by atoms with Crippen LogP contribution in [0.2, 0.25) is 0 Å². The second kappa shape index (κ2) is 9.40. The molecule has 29 heavy (non-hydrogen) atoms. The predicted octanol–water partition coefficient (Wildman–Crippen LogP) is 1.93. The van der Waals surface area contributed by atoms with Crippen molar-refractivity contribution in [1.29, 1.82) is 0 Å². The summed E-state index contributed by atoms with van der Waals surface area (Å²) < 4.78 is 49.5. The van der Waals surface area contributed by atoms with E-state index >= 15 is 0 Å². The van der Waals surface area contributed by atoms with Crippen molar-refractivity contribution in [3.63, 3.8) is 0 Å². The van der Waals surface area contributed by atoms with Crippen LogP contribution in [-0.2, 0) is 19.6 Å². The lowest BCUT2D eigenvalue weighted by Gasteiger charge is -2.46. The van der Waals surface area contributed by atoms with Crippen molar-refractivity contribution in [2.75, 3.05) is 39.1 Å². The molecular formula is C20H29FN2O5S. The molecule has 2 fully saturated rings. The molecule has 0 saturated carbocycles. The Bertz CT molecular complexity index is 792. The van der Waals surface area contributed by atoms with Gasteiger partial charge in [0, 0.05) is 26.2 Å². The van der Waals surface area contributed by atoms with E-state index in [2.05, 4.69) is 4.72 Å². The Morgan fingerprint density at radius 3 is 2.66 bits per heavy atom. The number of rotatable bonds is 7. The number of carbonyl (C=O) groups excluding carboxylic acids is 1. The fraction of sp³-hybridized carbons (Fsp3) is 0.650. The van der Waals surface area contributed by atoms with Crippen LogP contribution in [0.4, 0.5) is 4.39 Å². The molecule has 1 amide bonds. The first-order valence-electron chi connectivity index (χ1n) is 9.99. The Hall–Kier alpha value is -1.71. The van der Waals surface area contributed by atoms with E-state index in [9.17, 15) is 17.6 Å². The highest BCUT2D eigenvalue weighted by Gasteiger charge is 2.41. The molecule has 1 spiro atoms. The van der Waals surface area contributed by atoms with Crippen LogP contribution in [0.25, 0.3) is 0 Å². The zero-order valence-corrected chi connectivity index (χ0v) is 17.5. The van der Waals surface area contributed by atoms with Gasteiger partial charge in [0.25, 0.3) is 5.91 Å².